The number of fused-ring (bicyclic) bond motifs is 1. The lowest BCUT2D eigenvalue weighted by Gasteiger charge is -2.36. The van der Waals surface area contributed by atoms with Gasteiger partial charge in [-0.3, -0.25) is 9.59 Å². The number of sulfonamides is 1. The molecule has 0 aromatic heterocycles. The number of nitrogens with one attached hydrogen (secondary N) is 1. The maximum absolute atomic E-state index is 13.1. The second-order valence-electron chi connectivity index (χ2n) is 7.08. The highest BCUT2D eigenvalue weighted by Gasteiger charge is 2.36. The molecule has 2 aliphatic rings. The third-order valence-electron chi connectivity index (χ3n) is 5.30. The summed E-state index contributed by atoms with van der Waals surface area (Å²) < 4.78 is 39.8. The van der Waals surface area contributed by atoms with Crippen LogP contribution < -0.4 is 5.32 Å². The van der Waals surface area contributed by atoms with Gasteiger partial charge in [-0.05, 0) is 35.9 Å². The van der Waals surface area contributed by atoms with Gasteiger partial charge >= 0.3 is 0 Å². The number of anilines is 1. The monoisotopic (exact) mass is 417 g/mol. The number of nitrogens with zero attached hydrogens (tertiary/aromatic N) is 2. The van der Waals surface area contributed by atoms with Crippen molar-refractivity contribution in [1.29, 1.82) is 0 Å². The van der Waals surface area contributed by atoms with Gasteiger partial charge in [0.05, 0.1) is 10.8 Å². The molecular formula is C20H20FN3O4S. The summed E-state index contributed by atoms with van der Waals surface area (Å²) >= 11 is 0. The maximum Gasteiger partial charge on any atom is 0.243 e. The van der Waals surface area contributed by atoms with Crippen LogP contribution in [0.1, 0.15) is 17.9 Å². The van der Waals surface area contributed by atoms with Gasteiger partial charge < -0.3 is 10.2 Å². The molecule has 0 saturated carbocycles. The van der Waals surface area contributed by atoms with E-state index in [4.69, 9.17) is 0 Å². The molecule has 0 aliphatic carbocycles. The highest BCUT2D eigenvalue weighted by molar-refractivity contribution is 7.89. The molecule has 29 heavy (non-hydrogen) atoms. The second kappa shape index (κ2) is 7.57. The quantitative estimate of drug-likeness (QED) is 0.825. The van der Waals surface area contributed by atoms with Crippen molar-refractivity contribution in [2.24, 2.45) is 0 Å². The molecule has 2 amide bonds. The van der Waals surface area contributed by atoms with Crippen molar-refractivity contribution >= 4 is 27.5 Å². The second-order valence-corrected chi connectivity index (χ2v) is 9.01. The van der Waals surface area contributed by atoms with Gasteiger partial charge in [0.15, 0.2) is 0 Å². The molecule has 0 unspecified atom stereocenters. The van der Waals surface area contributed by atoms with Crippen molar-refractivity contribution in [1.82, 2.24) is 9.21 Å². The first kappa shape index (κ1) is 19.5. The van der Waals surface area contributed by atoms with Crippen LogP contribution in [-0.4, -0.2) is 55.6 Å². The van der Waals surface area contributed by atoms with Crippen LogP contribution in [0.3, 0.4) is 0 Å². The molecule has 4 rings (SSSR count). The lowest BCUT2D eigenvalue weighted by atomic mass is 9.89. The predicted octanol–water partition coefficient (Wildman–Crippen LogP) is 1.78. The minimum Gasteiger partial charge on any atom is -0.340 e. The van der Waals surface area contributed by atoms with E-state index in [1.807, 2.05) is 12.1 Å². The van der Waals surface area contributed by atoms with Crippen molar-refractivity contribution in [3.63, 3.8) is 0 Å². The summed E-state index contributed by atoms with van der Waals surface area (Å²) in [6.45, 7) is 0.761. The van der Waals surface area contributed by atoms with Crippen molar-refractivity contribution in [2.45, 2.75) is 17.2 Å². The summed E-state index contributed by atoms with van der Waals surface area (Å²) in [5.41, 5.74) is 1.41. The van der Waals surface area contributed by atoms with Crippen molar-refractivity contribution < 1.29 is 22.4 Å². The number of benzene rings is 2. The van der Waals surface area contributed by atoms with Crippen LogP contribution in [0.2, 0.25) is 0 Å². The fraction of sp³-hybridized carbons (Fsp3) is 0.300. The number of piperazine rings is 1. The van der Waals surface area contributed by atoms with E-state index in [1.54, 1.807) is 17.0 Å². The maximum atomic E-state index is 13.1. The Morgan fingerprint density at radius 1 is 1.00 bits per heavy atom. The average Bonchev–Trinajstić information content (AvgIpc) is 2.73. The SMILES string of the molecule is O=C1C[C@H](C(=O)N2CCN(S(=O)(=O)c3ccc(F)cc3)CC2)c2ccccc2N1. The van der Waals surface area contributed by atoms with Gasteiger partial charge in [-0.1, -0.05) is 18.2 Å². The molecule has 0 bridgehead atoms. The van der Waals surface area contributed by atoms with E-state index in [9.17, 15) is 22.4 Å². The van der Waals surface area contributed by atoms with E-state index in [2.05, 4.69) is 5.32 Å². The summed E-state index contributed by atoms with van der Waals surface area (Å²) in [5.74, 6) is -1.46. The van der Waals surface area contributed by atoms with Crippen molar-refractivity contribution in [3.8, 4) is 0 Å². The number of carbonyl (C=O) groups is 2. The minimum absolute atomic E-state index is 0.0246. The summed E-state index contributed by atoms with van der Waals surface area (Å²) in [7, 11) is -3.75. The third kappa shape index (κ3) is 3.75. The molecule has 152 valence electrons. The molecule has 0 radical (unpaired) electrons. The van der Waals surface area contributed by atoms with E-state index < -0.39 is 21.8 Å². The Balaban J connectivity index is 1.47. The molecule has 1 saturated heterocycles. The molecule has 2 heterocycles. The molecule has 1 atom stereocenters. The number of rotatable bonds is 3. The van der Waals surface area contributed by atoms with Crippen LogP contribution >= 0.6 is 0 Å². The summed E-state index contributed by atoms with van der Waals surface area (Å²) in [6, 6.07) is 11.9. The van der Waals surface area contributed by atoms with E-state index in [0.717, 1.165) is 17.7 Å². The zero-order valence-corrected chi connectivity index (χ0v) is 16.4. The molecule has 2 aromatic rings. The van der Waals surface area contributed by atoms with Crippen molar-refractivity contribution in [2.75, 3.05) is 31.5 Å². The summed E-state index contributed by atoms with van der Waals surface area (Å²) in [6.07, 6.45) is 0.0734. The third-order valence-corrected chi connectivity index (χ3v) is 7.21. The molecule has 2 aliphatic heterocycles. The van der Waals surface area contributed by atoms with Gasteiger partial charge in [0.2, 0.25) is 21.8 Å². The number of halogens is 1. The first-order valence-corrected chi connectivity index (χ1v) is 10.7. The van der Waals surface area contributed by atoms with Crippen LogP contribution in [0, 0.1) is 5.82 Å². The van der Waals surface area contributed by atoms with Gasteiger partial charge in [0.1, 0.15) is 5.82 Å². The highest BCUT2D eigenvalue weighted by Crippen LogP contribution is 2.33. The minimum atomic E-state index is -3.75. The van der Waals surface area contributed by atoms with E-state index in [1.165, 1.54) is 16.4 Å². The Hall–Kier alpha value is -2.78. The number of para-hydroxylation sites is 1. The van der Waals surface area contributed by atoms with Gasteiger partial charge in [-0.2, -0.15) is 4.31 Å². The Bertz CT molecular complexity index is 1050. The zero-order chi connectivity index (χ0) is 20.6. The number of carbonyl (C=O) groups excluding carboxylic acids is 2. The van der Waals surface area contributed by atoms with Crippen LogP contribution in [0.4, 0.5) is 10.1 Å². The Labute approximate surface area is 168 Å². The zero-order valence-electron chi connectivity index (χ0n) is 15.5. The van der Waals surface area contributed by atoms with E-state index >= 15 is 0 Å². The molecule has 2 aromatic carbocycles. The predicted molar refractivity (Wildman–Crippen MR) is 104 cm³/mol. The molecule has 9 heteroatoms. The van der Waals surface area contributed by atoms with Crippen molar-refractivity contribution in [3.05, 3.63) is 59.9 Å². The van der Waals surface area contributed by atoms with Gasteiger partial charge in [0.25, 0.3) is 0 Å². The van der Waals surface area contributed by atoms with Crippen LogP contribution in [-0.2, 0) is 19.6 Å². The average molecular weight is 417 g/mol. The molecule has 7 nitrogen and oxygen atoms in total. The fourth-order valence-electron chi connectivity index (χ4n) is 3.76. The van der Waals surface area contributed by atoms with E-state index in [0.29, 0.717) is 5.69 Å². The topological polar surface area (TPSA) is 86.8 Å². The normalized spacial score (nSPS) is 20.1. The van der Waals surface area contributed by atoms with Crippen LogP contribution in [0.5, 0.6) is 0 Å². The number of hydrogen-bond donors (Lipinski definition) is 1. The fourth-order valence-corrected chi connectivity index (χ4v) is 5.18. The van der Waals surface area contributed by atoms with Gasteiger partial charge in [-0.25, -0.2) is 12.8 Å². The number of amides is 2. The summed E-state index contributed by atoms with van der Waals surface area (Å²) in [5, 5.41) is 2.77. The van der Waals surface area contributed by atoms with Gasteiger partial charge in [0, 0.05) is 38.3 Å². The first-order chi connectivity index (χ1) is 13.9. The largest absolute Gasteiger partial charge is 0.340 e. The highest BCUT2D eigenvalue weighted by atomic mass is 32.2. The Morgan fingerprint density at radius 2 is 1.66 bits per heavy atom. The van der Waals surface area contributed by atoms with Crippen LogP contribution in [0.15, 0.2) is 53.4 Å². The lowest BCUT2D eigenvalue weighted by molar-refractivity contribution is -0.136. The number of hydrogen-bond acceptors (Lipinski definition) is 4. The molecule has 0 spiro atoms. The summed E-state index contributed by atoms with van der Waals surface area (Å²) in [4.78, 5) is 26.7. The van der Waals surface area contributed by atoms with Crippen LogP contribution in [0.25, 0.3) is 0 Å². The van der Waals surface area contributed by atoms with Gasteiger partial charge in [-0.15, -0.1) is 0 Å². The Kier molecular flexibility index (Phi) is 5.10. The Morgan fingerprint density at radius 3 is 2.34 bits per heavy atom. The van der Waals surface area contributed by atoms with E-state index in [-0.39, 0.29) is 49.3 Å². The molecule has 1 fully saturated rings. The smallest absolute Gasteiger partial charge is 0.243 e. The first-order valence-electron chi connectivity index (χ1n) is 9.29. The molecular weight excluding hydrogens is 397 g/mol. The lowest BCUT2D eigenvalue weighted by Crippen LogP contribution is -2.52. The molecule has 1 N–H and O–H groups in total. The standard InChI is InChI=1S/C20H20FN3O4S/c21-14-5-7-15(8-6-14)29(27,28)24-11-9-23(10-12-24)20(26)17-13-19(25)22-18-4-2-1-3-16(17)18/h1-8,17H,9-13H2,(H,22,25)/t17-/m0/s1.